The third-order valence-electron chi connectivity index (χ3n) is 5.16. The van der Waals surface area contributed by atoms with E-state index in [1.165, 1.54) is 0 Å². The van der Waals surface area contributed by atoms with Crippen LogP contribution in [0, 0.1) is 23.2 Å². The fourth-order valence-electron chi connectivity index (χ4n) is 3.54. The van der Waals surface area contributed by atoms with Gasteiger partial charge in [-0.1, -0.05) is 12.1 Å². The summed E-state index contributed by atoms with van der Waals surface area (Å²) in [6, 6.07) is 13.8. The smallest absolute Gasteiger partial charge is 0.230 e. The van der Waals surface area contributed by atoms with E-state index in [0.29, 0.717) is 18.1 Å². The molecule has 4 aromatic rings. The molecule has 0 spiro atoms. The number of nitrogens with one attached hydrogen (secondary N) is 2. The number of rotatable bonds is 3. The number of aromatic nitrogens is 3. The molecule has 0 saturated heterocycles. The number of hydrogen-bond acceptors (Lipinski definition) is 5. The van der Waals surface area contributed by atoms with Gasteiger partial charge in [0.1, 0.15) is 11.6 Å². The zero-order chi connectivity index (χ0) is 19.3. The number of nitriles is 1. The van der Waals surface area contributed by atoms with Gasteiger partial charge in [-0.2, -0.15) is 5.26 Å². The van der Waals surface area contributed by atoms with Crippen LogP contribution in [-0.2, 0) is 4.79 Å². The number of pyridine rings is 2. The lowest BCUT2D eigenvalue weighted by Gasteiger charge is -2.09. The van der Waals surface area contributed by atoms with Crippen molar-refractivity contribution in [3.63, 3.8) is 0 Å². The Hall–Kier alpha value is -3.92. The van der Waals surface area contributed by atoms with Crippen molar-refractivity contribution in [3.05, 3.63) is 48.8 Å². The van der Waals surface area contributed by atoms with Crippen LogP contribution < -0.4 is 11.1 Å². The predicted octanol–water partition coefficient (Wildman–Crippen LogP) is 3.46. The number of anilines is 2. The summed E-state index contributed by atoms with van der Waals surface area (Å²) >= 11 is 0. The molecule has 0 bridgehead atoms. The van der Waals surface area contributed by atoms with Crippen LogP contribution in [0.25, 0.3) is 32.9 Å². The zero-order valence-corrected chi connectivity index (χ0v) is 14.8. The maximum absolute atomic E-state index is 12.2. The Bertz CT molecular complexity index is 1290. The fraction of sp³-hybridized carbons (Fsp3) is 0.143. The van der Waals surface area contributed by atoms with Gasteiger partial charge >= 0.3 is 0 Å². The third-order valence-corrected chi connectivity index (χ3v) is 5.16. The molecule has 28 heavy (non-hydrogen) atoms. The van der Waals surface area contributed by atoms with Crippen LogP contribution in [0.5, 0.6) is 0 Å². The maximum atomic E-state index is 12.2. The largest absolute Gasteiger partial charge is 0.383 e. The number of hydrogen-bond donors (Lipinski definition) is 3. The van der Waals surface area contributed by atoms with Gasteiger partial charge in [0.15, 0.2) is 0 Å². The standard InChI is InChI=1S/C21H16N6O/c22-9-12-6-15(12)21(28)27-19-8-11-7-18(26-20(23)16(11)10-25-19)13-2-1-3-17-14(13)4-5-24-17/h1-5,7-8,10,12,15,24H,6H2,(H2,23,26)(H,25,27,28)/t12-,15-/m0/s1. The van der Waals surface area contributed by atoms with Gasteiger partial charge < -0.3 is 16.0 Å². The first kappa shape index (κ1) is 16.3. The molecule has 1 saturated carbocycles. The van der Waals surface area contributed by atoms with Crippen LogP contribution in [0.4, 0.5) is 11.6 Å². The van der Waals surface area contributed by atoms with Gasteiger partial charge in [0.25, 0.3) is 0 Å². The quantitative estimate of drug-likeness (QED) is 0.511. The average Bonchev–Trinajstić information content (AvgIpc) is 3.34. The predicted molar refractivity (Wildman–Crippen MR) is 107 cm³/mol. The summed E-state index contributed by atoms with van der Waals surface area (Å²) in [5, 5.41) is 14.3. The minimum atomic E-state index is -0.244. The number of fused-ring (bicyclic) bond motifs is 2. The number of amides is 1. The topological polar surface area (TPSA) is 120 Å². The number of nitrogens with zero attached hydrogens (tertiary/aromatic N) is 3. The number of benzene rings is 1. The summed E-state index contributed by atoms with van der Waals surface area (Å²) in [4.78, 5) is 24.2. The second kappa shape index (κ2) is 6.06. The Kier molecular flexibility index (Phi) is 3.52. The number of carbonyl (C=O) groups excluding carboxylic acids is 1. The lowest BCUT2D eigenvalue weighted by atomic mass is 10.0. The molecular weight excluding hydrogens is 352 g/mol. The molecule has 7 heteroatoms. The summed E-state index contributed by atoms with van der Waals surface area (Å²) in [5.74, 6) is 0.230. The van der Waals surface area contributed by atoms with E-state index in [0.717, 1.165) is 32.9 Å². The number of carbonyl (C=O) groups is 1. The molecule has 136 valence electrons. The molecule has 1 fully saturated rings. The summed E-state index contributed by atoms with van der Waals surface area (Å²) in [6.07, 6.45) is 4.11. The van der Waals surface area contributed by atoms with Gasteiger partial charge in [-0.15, -0.1) is 0 Å². The second-order valence-electron chi connectivity index (χ2n) is 6.99. The molecule has 5 rings (SSSR count). The maximum Gasteiger partial charge on any atom is 0.230 e. The Morgan fingerprint density at radius 1 is 1.29 bits per heavy atom. The first-order chi connectivity index (χ1) is 13.6. The van der Waals surface area contributed by atoms with Crippen molar-refractivity contribution < 1.29 is 4.79 Å². The van der Waals surface area contributed by atoms with E-state index < -0.39 is 0 Å². The normalized spacial score (nSPS) is 18.1. The van der Waals surface area contributed by atoms with Crippen molar-refractivity contribution in [1.82, 2.24) is 15.0 Å². The van der Waals surface area contributed by atoms with Gasteiger partial charge in [0.2, 0.25) is 5.91 Å². The minimum Gasteiger partial charge on any atom is -0.383 e. The van der Waals surface area contributed by atoms with E-state index in [-0.39, 0.29) is 17.7 Å². The number of nitrogen functional groups attached to an aromatic ring is 1. The fourth-order valence-corrected chi connectivity index (χ4v) is 3.54. The average molecular weight is 368 g/mol. The van der Waals surface area contributed by atoms with Crippen molar-refractivity contribution in [1.29, 1.82) is 5.26 Å². The highest BCUT2D eigenvalue weighted by molar-refractivity contribution is 6.01. The van der Waals surface area contributed by atoms with E-state index in [1.807, 2.05) is 36.5 Å². The highest BCUT2D eigenvalue weighted by Crippen LogP contribution is 2.38. The first-order valence-corrected chi connectivity index (χ1v) is 8.97. The molecule has 1 aromatic carbocycles. The zero-order valence-electron chi connectivity index (χ0n) is 14.8. The second-order valence-corrected chi connectivity index (χ2v) is 6.99. The molecular formula is C21H16N6O. The highest BCUT2D eigenvalue weighted by atomic mass is 16.2. The monoisotopic (exact) mass is 368 g/mol. The van der Waals surface area contributed by atoms with Crippen molar-refractivity contribution >= 4 is 39.2 Å². The minimum absolute atomic E-state index is 0.169. The lowest BCUT2D eigenvalue weighted by Crippen LogP contribution is -2.15. The molecule has 1 aliphatic rings. The van der Waals surface area contributed by atoms with E-state index >= 15 is 0 Å². The molecule has 3 heterocycles. The molecule has 7 nitrogen and oxygen atoms in total. The molecule has 4 N–H and O–H groups in total. The van der Waals surface area contributed by atoms with Crippen LogP contribution in [0.1, 0.15) is 6.42 Å². The molecule has 2 atom stereocenters. The molecule has 0 unspecified atom stereocenters. The van der Waals surface area contributed by atoms with Gasteiger partial charge in [0.05, 0.1) is 23.6 Å². The van der Waals surface area contributed by atoms with Crippen LogP contribution in [0.2, 0.25) is 0 Å². The van der Waals surface area contributed by atoms with Crippen molar-refractivity contribution in [2.24, 2.45) is 11.8 Å². The summed E-state index contributed by atoms with van der Waals surface area (Å²) in [6.45, 7) is 0. The van der Waals surface area contributed by atoms with Crippen LogP contribution in [0.3, 0.4) is 0 Å². The SMILES string of the molecule is N#C[C@@H]1C[C@@H]1C(=O)Nc1cc2cc(-c3cccc4[nH]ccc34)nc(N)c2cn1. The third kappa shape index (κ3) is 2.63. The summed E-state index contributed by atoms with van der Waals surface area (Å²) < 4.78 is 0. The number of nitrogens with two attached hydrogens (primary N) is 1. The Morgan fingerprint density at radius 2 is 2.18 bits per heavy atom. The Balaban J connectivity index is 1.55. The molecule has 0 aliphatic heterocycles. The van der Waals surface area contributed by atoms with E-state index in [9.17, 15) is 4.79 Å². The van der Waals surface area contributed by atoms with E-state index in [4.69, 9.17) is 11.0 Å². The van der Waals surface area contributed by atoms with E-state index in [1.54, 1.807) is 12.3 Å². The number of aromatic amines is 1. The molecule has 1 amide bonds. The molecule has 0 radical (unpaired) electrons. The van der Waals surface area contributed by atoms with Gasteiger partial charge in [-0.3, -0.25) is 4.79 Å². The molecule has 3 aromatic heterocycles. The first-order valence-electron chi connectivity index (χ1n) is 8.97. The highest BCUT2D eigenvalue weighted by Gasteiger charge is 2.43. The summed E-state index contributed by atoms with van der Waals surface area (Å²) in [5.41, 5.74) is 8.93. The van der Waals surface area contributed by atoms with Crippen molar-refractivity contribution in [2.45, 2.75) is 6.42 Å². The van der Waals surface area contributed by atoms with Gasteiger partial charge in [-0.05, 0) is 36.1 Å². The Morgan fingerprint density at radius 3 is 3.00 bits per heavy atom. The van der Waals surface area contributed by atoms with Crippen molar-refractivity contribution in [3.8, 4) is 17.3 Å². The van der Waals surface area contributed by atoms with E-state index in [2.05, 4.69) is 26.3 Å². The molecule has 1 aliphatic carbocycles. The summed E-state index contributed by atoms with van der Waals surface area (Å²) in [7, 11) is 0. The van der Waals surface area contributed by atoms with Crippen LogP contribution in [0.15, 0.2) is 48.8 Å². The Labute approximate surface area is 160 Å². The van der Waals surface area contributed by atoms with Gasteiger partial charge in [-0.25, -0.2) is 9.97 Å². The van der Waals surface area contributed by atoms with Crippen LogP contribution >= 0.6 is 0 Å². The van der Waals surface area contributed by atoms with Gasteiger partial charge in [0, 0.05) is 34.2 Å². The lowest BCUT2D eigenvalue weighted by molar-refractivity contribution is -0.117. The van der Waals surface area contributed by atoms with Crippen LogP contribution in [-0.4, -0.2) is 20.9 Å². The number of H-pyrrole nitrogens is 1. The van der Waals surface area contributed by atoms with Crippen molar-refractivity contribution in [2.75, 3.05) is 11.1 Å².